The Kier molecular flexibility index (Phi) is 3.77. The molecule has 4 heteroatoms. The van der Waals surface area contributed by atoms with Crippen molar-refractivity contribution in [1.82, 2.24) is 4.90 Å². The van der Waals surface area contributed by atoms with Gasteiger partial charge in [0.05, 0.1) is 0 Å². The maximum Gasteiger partial charge on any atom is 0.247 e. The van der Waals surface area contributed by atoms with Crippen molar-refractivity contribution in [2.75, 3.05) is 13.1 Å². The number of rotatable bonds is 3. The van der Waals surface area contributed by atoms with Gasteiger partial charge in [-0.3, -0.25) is 9.59 Å². The molecule has 0 spiro atoms. The third-order valence-corrected chi connectivity index (χ3v) is 3.30. The van der Waals surface area contributed by atoms with Crippen molar-refractivity contribution in [2.45, 2.75) is 25.8 Å². The summed E-state index contributed by atoms with van der Waals surface area (Å²) in [5.41, 5.74) is 7.35. The number of nitrogens with zero attached hydrogens (tertiary/aromatic N) is 1. The van der Waals surface area contributed by atoms with Crippen LogP contribution in [0, 0.1) is 6.92 Å². The van der Waals surface area contributed by atoms with Gasteiger partial charge in [-0.1, -0.05) is 29.8 Å². The lowest BCUT2D eigenvalue weighted by Crippen LogP contribution is -2.47. The van der Waals surface area contributed by atoms with Crippen molar-refractivity contribution in [1.29, 1.82) is 0 Å². The van der Waals surface area contributed by atoms with E-state index in [9.17, 15) is 9.59 Å². The minimum atomic E-state index is -1.06. The fourth-order valence-corrected chi connectivity index (χ4v) is 2.14. The molecule has 4 nitrogen and oxygen atoms in total. The van der Waals surface area contributed by atoms with E-state index in [0.717, 1.165) is 18.4 Å². The summed E-state index contributed by atoms with van der Waals surface area (Å²) in [7, 11) is 0. The van der Waals surface area contributed by atoms with Crippen molar-refractivity contribution in [3.05, 3.63) is 35.4 Å². The summed E-state index contributed by atoms with van der Waals surface area (Å²) < 4.78 is 0. The molecule has 0 radical (unpaired) electrons. The largest absolute Gasteiger partial charge is 0.341 e. The first-order valence-corrected chi connectivity index (χ1v) is 6.25. The second-order valence-corrected chi connectivity index (χ2v) is 4.74. The first-order valence-electron chi connectivity index (χ1n) is 6.25. The van der Waals surface area contributed by atoms with Crippen LogP contribution < -0.4 is 5.73 Å². The highest BCUT2D eigenvalue weighted by atomic mass is 16.2. The molecule has 96 valence electrons. The summed E-state index contributed by atoms with van der Waals surface area (Å²) >= 11 is 0. The third kappa shape index (κ3) is 2.59. The van der Waals surface area contributed by atoms with Gasteiger partial charge in [0.2, 0.25) is 5.91 Å². The highest BCUT2D eigenvalue weighted by molar-refractivity contribution is 6.13. The van der Waals surface area contributed by atoms with Crippen LogP contribution in [-0.4, -0.2) is 35.7 Å². The van der Waals surface area contributed by atoms with E-state index in [-0.39, 0.29) is 11.7 Å². The second kappa shape index (κ2) is 5.31. The molecule has 0 aliphatic carbocycles. The number of likely N-dealkylation sites (tertiary alicyclic amines) is 1. The molecule has 1 aromatic rings. The molecule has 1 aliphatic heterocycles. The highest BCUT2D eigenvalue weighted by Crippen LogP contribution is 2.11. The summed E-state index contributed by atoms with van der Waals surface area (Å²) in [6, 6.07) is 6.07. The fourth-order valence-electron chi connectivity index (χ4n) is 2.14. The number of carbonyl (C=O) groups is 2. The number of carbonyl (C=O) groups excluding carboxylic acids is 2. The van der Waals surface area contributed by atoms with E-state index in [1.807, 2.05) is 19.1 Å². The van der Waals surface area contributed by atoms with Crippen molar-refractivity contribution in [3.8, 4) is 0 Å². The van der Waals surface area contributed by atoms with Crippen LogP contribution >= 0.6 is 0 Å². The second-order valence-electron chi connectivity index (χ2n) is 4.74. The lowest BCUT2D eigenvalue weighted by molar-refractivity contribution is -0.130. The molecule has 2 rings (SSSR count). The van der Waals surface area contributed by atoms with Crippen LogP contribution in [0.2, 0.25) is 0 Å². The molecule has 0 aromatic heterocycles. The summed E-state index contributed by atoms with van der Waals surface area (Å²) in [4.78, 5) is 25.8. The molecule has 1 amide bonds. The SMILES string of the molecule is Cc1ccc(C(=O)[C@@H](N)C(=O)N2CCCC2)cc1. The highest BCUT2D eigenvalue weighted by Gasteiger charge is 2.29. The summed E-state index contributed by atoms with van der Waals surface area (Å²) in [6.07, 6.45) is 1.99. The third-order valence-electron chi connectivity index (χ3n) is 3.30. The van der Waals surface area contributed by atoms with Crippen LogP contribution in [0.1, 0.15) is 28.8 Å². The van der Waals surface area contributed by atoms with Crippen LogP contribution in [0.5, 0.6) is 0 Å². The quantitative estimate of drug-likeness (QED) is 0.642. The summed E-state index contributed by atoms with van der Waals surface area (Å²) in [5.74, 6) is -0.551. The zero-order chi connectivity index (χ0) is 13.1. The number of hydrogen-bond donors (Lipinski definition) is 1. The Balaban J connectivity index is 2.08. The Hall–Kier alpha value is -1.68. The van der Waals surface area contributed by atoms with Crippen LogP contribution in [0.25, 0.3) is 0 Å². The maximum atomic E-state index is 12.1. The number of benzene rings is 1. The molecule has 0 unspecified atom stereocenters. The lowest BCUT2D eigenvalue weighted by Gasteiger charge is -2.19. The average molecular weight is 246 g/mol. The first kappa shape index (κ1) is 12.8. The number of Topliss-reactive ketones (excluding diaryl/α,β-unsaturated/α-hetero) is 1. The van der Waals surface area contributed by atoms with Gasteiger partial charge >= 0.3 is 0 Å². The molecule has 18 heavy (non-hydrogen) atoms. The molecule has 0 bridgehead atoms. The van der Waals surface area contributed by atoms with E-state index in [2.05, 4.69) is 0 Å². The van der Waals surface area contributed by atoms with Crippen LogP contribution in [0.15, 0.2) is 24.3 Å². The van der Waals surface area contributed by atoms with Gasteiger partial charge in [-0.2, -0.15) is 0 Å². The van der Waals surface area contributed by atoms with Crippen molar-refractivity contribution < 1.29 is 9.59 Å². The molecule has 1 saturated heterocycles. The Morgan fingerprint density at radius 1 is 1.17 bits per heavy atom. The predicted octanol–water partition coefficient (Wildman–Crippen LogP) is 1.13. The molecular weight excluding hydrogens is 228 g/mol. The summed E-state index contributed by atoms with van der Waals surface area (Å²) in [6.45, 7) is 3.38. The van der Waals surface area contributed by atoms with Gasteiger partial charge in [0.25, 0.3) is 0 Å². The number of amides is 1. The van der Waals surface area contributed by atoms with Crippen molar-refractivity contribution in [2.24, 2.45) is 5.73 Å². The zero-order valence-electron chi connectivity index (χ0n) is 10.6. The van der Waals surface area contributed by atoms with Crippen LogP contribution in [0.3, 0.4) is 0 Å². The van der Waals surface area contributed by atoms with Gasteiger partial charge in [-0.05, 0) is 19.8 Å². The minimum Gasteiger partial charge on any atom is -0.341 e. The van der Waals surface area contributed by atoms with Gasteiger partial charge in [-0.25, -0.2) is 0 Å². The van der Waals surface area contributed by atoms with E-state index in [1.165, 1.54) is 0 Å². The smallest absolute Gasteiger partial charge is 0.247 e. The lowest BCUT2D eigenvalue weighted by atomic mass is 10.0. The molecule has 1 heterocycles. The molecule has 0 saturated carbocycles. The molecular formula is C14H18N2O2. The minimum absolute atomic E-state index is 0.252. The van der Waals surface area contributed by atoms with E-state index in [1.54, 1.807) is 17.0 Å². The van der Waals surface area contributed by atoms with Gasteiger partial charge in [-0.15, -0.1) is 0 Å². The Morgan fingerprint density at radius 3 is 2.28 bits per heavy atom. The van der Waals surface area contributed by atoms with Crippen LogP contribution in [0.4, 0.5) is 0 Å². The molecule has 1 atom stereocenters. The molecule has 2 N–H and O–H groups in total. The van der Waals surface area contributed by atoms with Crippen molar-refractivity contribution >= 4 is 11.7 Å². The Morgan fingerprint density at radius 2 is 1.72 bits per heavy atom. The van der Waals surface area contributed by atoms with Crippen molar-refractivity contribution in [3.63, 3.8) is 0 Å². The Bertz CT molecular complexity index is 447. The number of nitrogens with two attached hydrogens (primary N) is 1. The Labute approximate surface area is 107 Å². The topological polar surface area (TPSA) is 63.4 Å². The normalized spacial score (nSPS) is 16.7. The van der Waals surface area contributed by atoms with Gasteiger partial charge in [0.1, 0.15) is 6.04 Å². The van der Waals surface area contributed by atoms with E-state index >= 15 is 0 Å². The predicted molar refractivity (Wildman–Crippen MR) is 69.3 cm³/mol. The molecule has 1 aromatic carbocycles. The molecule has 1 aliphatic rings. The average Bonchev–Trinajstić information content (AvgIpc) is 2.91. The standard InChI is InChI=1S/C14H18N2O2/c1-10-4-6-11(7-5-10)13(17)12(15)14(18)16-8-2-3-9-16/h4-7,12H,2-3,8-9,15H2,1H3/t12-/m1/s1. The summed E-state index contributed by atoms with van der Waals surface area (Å²) in [5, 5.41) is 0. The maximum absolute atomic E-state index is 12.1. The van der Waals surface area contributed by atoms with Gasteiger partial charge < -0.3 is 10.6 Å². The van der Waals surface area contributed by atoms with Gasteiger partial charge in [0.15, 0.2) is 5.78 Å². The van der Waals surface area contributed by atoms with E-state index < -0.39 is 6.04 Å². The molecule has 1 fully saturated rings. The number of hydrogen-bond acceptors (Lipinski definition) is 3. The number of ketones is 1. The monoisotopic (exact) mass is 246 g/mol. The van der Waals surface area contributed by atoms with E-state index in [4.69, 9.17) is 5.73 Å². The zero-order valence-corrected chi connectivity index (χ0v) is 10.6. The van der Waals surface area contributed by atoms with Gasteiger partial charge in [0, 0.05) is 18.7 Å². The number of aryl methyl sites for hydroxylation is 1. The van der Waals surface area contributed by atoms with E-state index in [0.29, 0.717) is 18.7 Å². The first-order chi connectivity index (χ1) is 8.59. The van der Waals surface area contributed by atoms with Crippen LogP contribution in [-0.2, 0) is 4.79 Å². The fraction of sp³-hybridized carbons (Fsp3) is 0.429.